The van der Waals surface area contributed by atoms with Gasteiger partial charge in [0.2, 0.25) is 0 Å². The minimum Gasteiger partial charge on any atom is -0.481 e. The SMILES string of the molecule is CC1=CC(C(=O)O)(C(C)C)CC(C(=O)O)=C1CN. The van der Waals surface area contributed by atoms with Crippen molar-refractivity contribution >= 4 is 11.9 Å². The van der Waals surface area contributed by atoms with E-state index in [1.165, 1.54) is 0 Å². The molecule has 0 heterocycles. The van der Waals surface area contributed by atoms with Gasteiger partial charge in [0.1, 0.15) is 0 Å². The molecule has 0 spiro atoms. The van der Waals surface area contributed by atoms with Gasteiger partial charge in [-0.05, 0) is 30.4 Å². The van der Waals surface area contributed by atoms with E-state index < -0.39 is 17.4 Å². The fraction of sp³-hybridized carbons (Fsp3) is 0.538. The van der Waals surface area contributed by atoms with Gasteiger partial charge in [-0.15, -0.1) is 0 Å². The molecule has 0 saturated heterocycles. The Bertz CT molecular complexity index is 448. The summed E-state index contributed by atoms with van der Waals surface area (Å²) in [6, 6.07) is 0. The highest BCUT2D eigenvalue weighted by molar-refractivity contribution is 5.92. The lowest BCUT2D eigenvalue weighted by Gasteiger charge is -2.35. The predicted octanol–water partition coefficient (Wildman–Crippen LogP) is 1.40. The van der Waals surface area contributed by atoms with Crippen molar-refractivity contribution in [2.75, 3.05) is 6.54 Å². The molecule has 1 rings (SSSR count). The summed E-state index contributed by atoms with van der Waals surface area (Å²) in [7, 11) is 0. The molecule has 5 heteroatoms. The first-order chi connectivity index (χ1) is 8.26. The van der Waals surface area contributed by atoms with Crippen LogP contribution >= 0.6 is 0 Å². The number of hydrogen-bond donors (Lipinski definition) is 3. The van der Waals surface area contributed by atoms with Crippen LogP contribution in [0.15, 0.2) is 22.8 Å². The van der Waals surface area contributed by atoms with Crippen LogP contribution in [0, 0.1) is 11.3 Å². The molecule has 1 aliphatic carbocycles. The Hall–Kier alpha value is -1.62. The van der Waals surface area contributed by atoms with Crippen molar-refractivity contribution in [3.8, 4) is 0 Å². The molecule has 0 bridgehead atoms. The third kappa shape index (κ3) is 2.18. The standard InChI is InChI=1S/C13H19NO4/c1-7(2)13(12(17)18)4-8(3)10(6-14)9(5-13)11(15)16/h4,7H,5-6,14H2,1-3H3,(H,15,16)(H,17,18). The van der Waals surface area contributed by atoms with Crippen molar-refractivity contribution in [2.24, 2.45) is 17.1 Å². The average molecular weight is 253 g/mol. The minimum atomic E-state index is -1.16. The first-order valence-corrected chi connectivity index (χ1v) is 5.85. The van der Waals surface area contributed by atoms with Crippen molar-refractivity contribution in [1.82, 2.24) is 0 Å². The van der Waals surface area contributed by atoms with E-state index in [0.717, 1.165) is 0 Å². The van der Waals surface area contributed by atoms with Crippen LogP contribution in [-0.4, -0.2) is 28.7 Å². The molecule has 1 atom stereocenters. The lowest BCUT2D eigenvalue weighted by molar-refractivity contribution is -0.148. The fourth-order valence-corrected chi connectivity index (χ4v) is 2.41. The smallest absolute Gasteiger partial charge is 0.331 e. The molecule has 0 aromatic rings. The molecule has 5 nitrogen and oxygen atoms in total. The highest BCUT2D eigenvalue weighted by Gasteiger charge is 2.44. The van der Waals surface area contributed by atoms with Crippen LogP contribution in [0.1, 0.15) is 27.2 Å². The van der Waals surface area contributed by atoms with E-state index in [9.17, 15) is 19.8 Å². The Morgan fingerprint density at radius 1 is 1.44 bits per heavy atom. The van der Waals surface area contributed by atoms with Gasteiger partial charge in [0.15, 0.2) is 0 Å². The third-order valence-corrected chi connectivity index (χ3v) is 3.67. The molecule has 0 fully saturated rings. The summed E-state index contributed by atoms with van der Waals surface area (Å²) in [5, 5.41) is 18.7. The highest BCUT2D eigenvalue weighted by Crippen LogP contribution is 2.43. The molecule has 18 heavy (non-hydrogen) atoms. The zero-order valence-corrected chi connectivity index (χ0v) is 10.9. The van der Waals surface area contributed by atoms with E-state index >= 15 is 0 Å². The van der Waals surface area contributed by atoms with Gasteiger partial charge < -0.3 is 15.9 Å². The maximum Gasteiger partial charge on any atom is 0.331 e. The molecule has 0 saturated carbocycles. The lowest BCUT2D eigenvalue weighted by atomic mass is 9.67. The molecule has 1 unspecified atom stereocenters. The number of rotatable bonds is 4. The van der Waals surface area contributed by atoms with Crippen molar-refractivity contribution in [2.45, 2.75) is 27.2 Å². The Morgan fingerprint density at radius 2 is 2.00 bits per heavy atom. The van der Waals surface area contributed by atoms with Crippen LogP contribution in [-0.2, 0) is 9.59 Å². The second kappa shape index (κ2) is 4.94. The zero-order valence-electron chi connectivity index (χ0n) is 10.9. The Labute approximate surface area is 106 Å². The van der Waals surface area contributed by atoms with Gasteiger partial charge in [-0.2, -0.15) is 0 Å². The summed E-state index contributed by atoms with van der Waals surface area (Å²) in [6.45, 7) is 5.39. The molecule has 4 N–H and O–H groups in total. The molecule has 0 aromatic carbocycles. The zero-order chi connectivity index (χ0) is 14.1. The van der Waals surface area contributed by atoms with Gasteiger partial charge in [-0.1, -0.05) is 19.9 Å². The third-order valence-electron chi connectivity index (χ3n) is 3.67. The highest BCUT2D eigenvalue weighted by atomic mass is 16.4. The van der Waals surface area contributed by atoms with Gasteiger partial charge in [0, 0.05) is 12.1 Å². The maximum atomic E-state index is 11.5. The van der Waals surface area contributed by atoms with Gasteiger partial charge in [0.25, 0.3) is 0 Å². The summed E-state index contributed by atoms with van der Waals surface area (Å²) in [5.41, 5.74) is 5.71. The molecule has 0 aromatic heterocycles. The first kappa shape index (κ1) is 14.4. The number of nitrogens with two attached hydrogens (primary N) is 1. The van der Waals surface area contributed by atoms with E-state index in [2.05, 4.69) is 0 Å². The molecule has 0 radical (unpaired) electrons. The molecule has 0 amide bonds. The van der Waals surface area contributed by atoms with Gasteiger partial charge in [-0.25, -0.2) is 4.79 Å². The molecular weight excluding hydrogens is 234 g/mol. The second-order valence-corrected chi connectivity index (χ2v) is 4.97. The van der Waals surface area contributed by atoms with E-state index in [-0.39, 0.29) is 24.5 Å². The van der Waals surface area contributed by atoms with Crippen LogP contribution in [0.4, 0.5) is 0 Å². The van der Waals surface area contributed by atoms with Crippen LogP contribution in [0.5, 0.6) is 0 Å². The van der Waals surface area contributed by atoms with E-state index in [1.54, 1.807) is 26.8 Å². The van der Waals surface area contributed by atoms with Gasteiger partial charge >= 0.3 is 11.9 Å². The summed E-state index contributed by atoms with van der Waals surface area (Å²) >= 11 is 0. The first-order valence-electron chi connectivity index (χ1n) is 5.85. The number of aliphatic carboxylic acids is 2. The summed E-state index contributed by atoms with van der Waals surface area (Å²) in [6.07, 6.45) is 1.63. The second-order valence-electron chi connectivity index (χ2n) is 4.97. The largest absolute Gasteiger partial charge is 0.481 e. The monoisotopic (exact) mass is 253 g/mol. The van der Waals surface area contributed by atoms with Crippen molar-refractivity contribution in [3.05, 3.63) is 22.8 Å². The topological polar surface area (TPSA) is 101 Å². The van der Waals surface area contributed by atoms with Crippen LogP contribution in [0.2, 0.25) is 0 Å². The molecule has 0 aliphatic heterocycles. The quantitative estimate of drug-likeness (QED) is 0.703. The summed E-state index contributed by atoms with van der Waals surface area (Å²) in [5.74, 6) is -2.28. The van der Waals surface area contributed by atoms with Crippen molar-refractivity contribution in [3.63, 3.8) is 0 Å². The van der Waals surface area contributed by atoms with E-state index in [0.29, 0.717) is 11.1 Å². The van der Waals surface area contributed by atoms with Crippen LogP contribution < -0.4 is 5.73 Å². The summed E-state index contributed by atoms with van der Waals surface area (Å²) in [4.78, 5) is 22.8. The Morgan fingerprint density at radius 3 is 2.33 bits per heavy atom. The van der Waals surface area contributed by atoms with Crippen LogP contribution in [0.3, 0.4) is 0 Å². The van der Waals surface area contributed by atoms with Crippen LogP contribution in [0.25, 0.3) is 0 Å². The Kier molecular flexibility index (Phi) is 3.96. The van der Waals surface area contributed by atoms with Gasteiger partial charge in [-0.3, -0.25) is 4.79 Å². The normalized spacial score (nSPS) is 24.2. The van der Waals surface area contributed by atoms with Crippen molar-refractivity contribution < 1.29 is 19.8 Å². The van der Waals surface area contributed by atoms with E-state index in [4.69, 9.17) is 5.73 Å². The van der Waals surface area contributed by atoms with E-state index in [1.807, 2.05) is 0 Å². The molecule has 100 valence electrons. The minimum absolute atomic E-state index is 0.0147. The van der Waals surface area contributed by atoms with Gasteiger partial charge in [0.05, 0.1) is 5.41 Å². The van der Waals surface area contributed by atoms with Crippen molar-refractivity contribution in [1.29, 1.82) is 0 Å². The maximum absolute atomic E-state index is 11.5. The average Bonchev–Trinajstić information content (AvgIpc) is 2.26. The number of carboxylic acid groups (broad SMARTS) is 2. The lowest BCUT2D eigenvalue weighted by Crippen LogP contribution is -2.39. The molecule has 1 aliphatic rings. The number of carboxylic acids is 2. The predicted molar refractivity (Wildman–Crippen MR) is 67.0 cm³/mol. The number of carbonyl (C=O) groups is 2. The summed E-state index contributed by atoms with van der Waals surface area (Å²) < 4.78 is 0. The molecular formula is C13H19NO4. The Balaban J connectivity index is 3.41. The number of hydrogen-bond acceptors (Lipinski definition) is 3. The fourth-order valence-electron chi connectivity index (χ4n) is 2.41.